The zero-order valence-corrected chi connectivity index (χ0v) is 14.5. The van der Waals surface area contributed by atoms with Crippen molar-refractivity contribution in [3.05, 3.63) is 58.0 Å². The van der Waals surface area contributed by atoms with Gasteiger partial charge in [-0.05, 0) is 62.4 Å². The summed E-state index contributed by atoms with van der Waals surface area (Å²) in [4.78, 5) is 11.1. The van der Waals surface area contributed by atoms with E-state index in [4.69, 9.17) is 9.73 Å². The van der Waals surface area contributed by atoms with Gasteiger partial charge in [-0.25, -0.2) is 5.48 Å². The lowest BCUT2D eigenvalue weighted by Crippen LogP contribution is -2.22. The highest BCUT2D eigenvalue weighted by molar-refractivity contribution is 5.90. The molecule has 3 N–H and O–H groups in total. The van der Waals surface area contributed by atoms with Crippen LogP contribution in [0.5, 0.6) is 0 Å². The quantitative estimate of drug-likeness (QED) is 0.427. The Morgan fingerprint density at radius 3 is 3.00 bits per heavy atom. The lowest BCUT2D eigenvalue weighted by molar-refractivity contribution is -0.124. The van der Waals surface area contributed by atoms with Gasteiger partial charge in [0, 0.05) is 17.7 Å². The van der Waals surface area contributed by atoms with E-state index >= 15 is 0 Å². The molecule has 0 saturated heterocycles. The van der Waals surface area contributed by atoms with Gasteiger partial charge in [0.25, 0.3) is 5.91 Å². The minimum absolute atomic E-state index is 0.356. The van der Waals surface area contributed by atoms with E-state index in [0.717, 1.165) is 42.8 Å². The normalized spacial score (nSPS) is 16.4. The Bertz CT molecular complexity index is 776. The van der Waals surface area contributed by atoms with Crippen molar-refractivity contribution in [2.75, 3.05) is 6.54 Å². The van der Waals surface area contributed by atoms with Gasteiger partial charge < -0.3 is 9.84 Å². The zero-order valence-electron chi connectivity index (χ0n) is 14.5. The second-order valence-electron chi connectivity index (χ2n) is 6.37. The summed E-state index contributed by atoms with van der Waals surface area (Å²) in [5, 5.41) is 16.1. The van der Waals surface area contributed by atoms with Gasteiger partial charge in [0.1, 0.15) is 5.76 Å². The molecular weight excluding hydrogens is 318 g/mol. The third-order valence-corrected chi connectivity index (χ3v) is 4.73. The van der Waals surface area contributed by atoms with E-state index in [1.165, 1.54) is 22.8 Å². The van der Waals surface area contributed by atoms with Gasteiger partial charge in [-0.2, -0.15) is 0 Å². The summed E-state index contributed by atoms with van der Waals surface area (Å²) in [5.74, 6) is 0.369. The number of aromatic nitrogens is 1. The number of hydrogen-bond donors (Lipinski definition) is 3. The van der Waals surface area contributed by atoms with E-state index in [2.05, 4.69) is 22.6 Å². The fourth-order valence-electron chi connectivity index (χ4n) is 3.39. The van der Waals surface area contributed by atoms with Gasteiger partial charge in [-0.1, -0.05) is 23.4 Å². The fourth-order valence-corrected chi connectivity index (χ4v) is 3.39. The highest BCUT2D eigenvalue weighted by atomic mass is 16.5. The van der Waals surface area contributed by atoms with Crippen molar-refractivity contribution < 1.29 is 14.5 Å². The van der Waals surface area contributed by atoms with Crippen LogP contribution < -0.4 is 10.8 Å². The molecule has 1 atom stereocenters. The first-order valence-electron chi connectivity index (χ1n) is 8.48. The molecule has 0 spiro atoms. The molecule has 1 aromatic carbocycles. The van der Waals surface area contributed by atoms with Gasteiger partial charge >= 0.3 is 0 Å². The largest absolute Gasteiger partial charge is 0.361 e. The van der Waals surface area contributed by atoms with Gasteiger partial charge in [-0.3, -0.25) is 10.0 Å². The van der Waals surface area contributed by atoms with Crippen molar-refractivity contribution in [1.29, 1.82) is 0 Å². The Morgan fingerprint density at radius 2 is 2.28 bits per heavy atom. The number of rotatable bonds is 6. The average Bonchev–Trinajstić information content (AvgIpc) is 3.17. The van der Waals surface area contributed by atoms with Crippen molar-refractivity contribution in [2.45, 2.75) is 39.2 Å². The highest BCUT2D eigenvalue weighted by Crippen LogP contribution is 2.32. The van der Waals surface area contributed by atoms with Crippen LogP contribution >= 0.6 is 0 Å². The SMILES string of the molecule is Cc1noc(C)c1CCNC1CCc2cc(C=CC(=O)NO)ccc21. The molecule has 6 heteroatoms. The predicted octanol–water partition coefficient (Wildman–Crippen LogP) is 2.63. The van der Waals surface area contributed by atoms with E-state index in [9.17, 15) is 4.79 Å². The van der Waals surface area contributed by atoms with Crippen molar-refractivity contribution in [1.82, 2.24) is 16.0 Å². The predicted molar refractivity (Wildman–Crippen MR) is 94.2 cm³/mol. The molecule has 132 valence electrons. The maximum Gasteiger partial charge on any atom is 0.267 e. The van der Waals surface area contributed by atoms with Crippen molar-refractivity contribution in [2.24, 2.45) is 0 Å². The molecule has 1 aliphatic carbocycles. The second-order valence-corrected chi connectivity index (χ2v) is 6.37. The molecule has 25 heavy (non-hydrogen) atoms. The van der Waals surface area contributed by atoms with Crippen LogP contribution in [0.1, 0.15) is 46.2 Å². The lowest BCUT2D eigenvalue weighted by Gasteiger charge is -2.14. The van der Waals surface area contributed by atoms with Crippen LogP contribution in [0.15, 0.2) is 28.8 Å². The number of aryl methyl sites for hydroxylation is 3. The minimum atomic E-state index is -0.528. The summed E-state index contributed by atoms with van der Waals surface area (Å²) >= 11 is 0. The molecule has 0 bridgehead atoms. The third-order valence-electron chi connectivity index (χ3n) is 4.73. The Balaban J connectivity index is 1.60. The lowest BCUT2D eigenvalue weighted by atomic mass is 10.0. The summed E-state index contributed by atoms with van der Waals surface area (Å²) < 4.78 is 5.21. The van der Waals surface area contributed by atoms with Crippen LogP contribution in [0.3, 0.4) is 0 Å². The standard InChI is InChI=1S/C19H23N3O3/c1-12-16(13(2)25-22-12)9-10-20-18-7-5-15-11-14(3-6-17(15)18)4-8-19(23)21-24/h3-4,6,8,11,18,20,24H,5,7,9-10H2,1-2H3,(H,21,23). The van der Waals surface area contributed by atoms with Crippen LogP contribution in [-0.4, -0.2) is 22.8 Å². The molecule has 2 aromatic rings. The zero-order chi connectivity index (χ0) is 17.8. The molecule has 0 radical (unpaired) electrons. The second kappa shape index (κ2) is 7.63. The Kier molecular flexibility index (Phi) is 5.31. The summed E-state index contributed by atoms with van der Waals surface area (Å²) in [6.45, 7) is 4.81. The fraction of sp³-hybridized carbons (Fsp3) is 0.368. The molecule has 1 aromatic heterocycles. The van der Waals surface area contributed by atoms with Crippen molar-refractivity contribution in [3.8, 4) is 0 Å². The van der Waals surface area contributed by atoms with Crippen molar-refractivity contribution >= 4 is 12.0 Å². The molecule has 6 nitrogen and oxygen atoms in total. The number of benzene rings is 1. The Hall–Kier alpha value is -2.44. The number of amides is 1. The number of hydroxylamine groups is 1. The number of nitrogens with one attached hydrogen (secondary N) is 2. The van der Waals surface area contributed by atoms with E-state index in [-0.39, 0.29) is 0 Å². The van der Waals surface area contributed by atoms with E-state index in [1.54, 1.807) is 11.6 Å². The molecule has 1 amide bonds. The number of nitrogens with zero attached hydrogens (tertiary/aromatic N) is 1. The van der Waals surface area contributed by atoms with Gasteiger partial charge in [0.2, 0.25) is 0 Å². The van der Waals surface area contributed by atoms with E-state index in [1.807, 2.05) is 19.9 Å². The van der Waals surface area contributed by atoms with E-state index < -0.39 is 5.91 Å². The summed E-state index contributed by atoms with van der Waals surface area (Å²) in [7, 11) is 0. The van der Waals surface area contributed by atoms with E-state index in [0.29, 0.717) is 6.04 Å². The summed E-state index contributed by atoms with van der Waals surface area (Å²) in [6.07, 6.45) is 6.01. The van der Waals surface area contributed by atoms with Crippen LogP contribution in [0.2, 0.25) is 0 Å². The molecule has 1 heterocycles. The first-order chi connectivity index (χ1) is 12.1. The summed E-state index contributed by atoms with van der Waals surface area (Å²) in [6, 6.07) is 6.57. The topological polar surface area (TPSA) is 87.4 Å². The third kappa shape index (κ3) is 3.97. The Labute approximate surface area is 146 Å². The molecule has 1 unspecified atom stereocenters. The van der Waals surface area contributed by atoms with Crippen LogP contribution in [-0.2, 0) is 17.6 Å². The first-order valence-corrected chi connectivity index (χ1v) is 8.48. The summed E-state index contributed by atoms with van der Waals surface area (Å²) in [5.41, 5.74) is 7.33. The van der Waals surface area contributed by atoms with Gasteiger partial charge in [-0.15, -0.1) is 0 Å². The first kappa shape index (κ1) is 17.4. The van der Waals surface area contributed by atoms with Crippen molar-refractivity contribution in [3.63, 3.8) is 0 Å². The van der Waals surface area contributed by atoms with Crippen LogP contribution in [0, 0.1) is 13.8 Å². The molecular formula is C19H23N3O3. The van der Waals surface area contributed by atoms with Gasteiger partial charge in [0.05, 0.1) is 5.69 Å². The minimum Gasteiger partial charge on any atom is -0.361 e. The molecule has 3 rings (SSSR count). The average molecular weight is 341 g/mol. The Morgan fingerprint density at radius 1 is 1.44 bits per heavy atom. The van der Waals surface area contributed by atoms with Crippen LogP contribution in [0.4, 0.5) is 0 Å². The number of hydrogen-bond acceptors (Lipinski definition) is 5. The molecule has 0 fully saturated rings. The maximum absolute atomic E-state index is 11.1. The maximum atomic E-state index is 11.1. The van der Waals surface area contributed by atoms with Gasteiger partial charge in [0.15, 0.2) is 0 Å². The van der Waals surface area contributed by atoms with Crippen LogP contribution in [0.25, 0.3) is 6.08 Å². The number of carbonyl (C=O) groups is 1. The molecule has 0 saturated carbocycles. The number of fused-ring (bicyclic) bond motifs is 1. The molecule has 1 aliphatic rings. The monoisotopic (exact) mass is 341 g/mol. The smallest absolute Gasteiger partial charge is 0.267 e. The molecule has 0 aliphatic heterocycles. The highest BCUT2D eigenvalue weighted by Gasteiger charge is 2.22. The number of carbonyl (C=O) groups excluding carboxylic acids is 1.